The largest absolute Gasteiger partial charge is 0.496 e. The lowest BCUT2D eigenvalue weighted by atomic mass is 10.0. The Balaban J connectivity index is 2.50. The van der Waals surface area contributed by atoms with E-state index in [2.05, 4.69) is 15.9 Å². The van der Waals surface area contributed by atoms with Gasteiger partial charge in [0, 0.05) is 4.47 Å². The van der Waals surface area contributed by atoms with E-state index in [-0.39, 0.29) is 5.78 Å². The molecule has 0 saturated heterocycles. The molecular formula is C14H13BrO3. The Kier molecular flexibility index (Phi) is 3.57. The maximum absolute atomic E-state index is 12.3. The van der Waals surface area contributed by atoms with Crippen LogP contribution in [0.25, 0.3) is 0 Å². The number of hydrogen-bond acceptors (Lipinski definition) is 3. The minimum absolute atomic E-state index is 0.107. The predicted molar refractivity (Wildman–Crippen MR) is 72.3 cm³/mol. The zero-order valence-electron chi connectivity index (χ0n) is 10.4. The molecule has 0 aliphatic carbocycles. The van der Waals surface area contributed by atoms with E-state index in [1.807, 2.05) is 13.0 Å². The van der Waals surface area contributed by atoms with Crippen LogP contribution >= 0.6 is 15.9 Å². The van der Waals surface area contributed by atoms with E-state index in [4.69, 9.17) is 9.15 Å². The van der Waals surface area contributed by atoms with Gasteiger partial charge >= 0.3 is 0 Å². The SMILES string of the molecule is COc1cc(C)c(Br)cc1C(=O)c1coc(C)c1. The Labute approximate surface area is 114 Å². The Morgan fingerprint density at radius 2 is 2.00 bits per heavy atom. The molecule has 1 heterocycles. The zero-order chi connectivity index (χ0) is 13.3. The normalized spacial score (nSPS) is 10.4. The topological polar surface area (TPSA) is 39.4 Å². The van der Waals surface area contributed by atoms with Gasteiger partial charge in [0.05, 0.1) is 18.2 Å². The van der Waals surface area contributed by atoms with Crippen LogP contribution in [0.1, 0.15) is 27.2 Å². The molecule has 0 spiro atoms. The molecule has 0 amide bonds. The lowest BCUT2D eigenvalue weighted by Crippen LogP contribution is -2.03. The number of ketones is 1. The number of furan rings is 1. The first-order valence-electron chi connectivity index (χ1n) is 5.47. The van der Waals surface area contributed by atoms with Gasteiger partial charge in [-0.2, -0.15) is 0 Å². The smallest absolute Gasteiger partial charge is 0.200 e. The van der Waals surface area contributed by atoms with Crippen molar-refractivity contribution in [2.24, 2.45) is 0 Å². The fraction of sp³-hybridized carbons (Fsp3) is 0.214. The molecule has 1 aromatic carbocycles. The molecule has 0 bridgehead atoms. The number of halogens is 1. The van der Waals surface area contributed by atoms with Crippen molar-refractivity contribution in [1.82, 2.24) is 0 Å². The molecule has 2 aromatic rings. The Morgan fingerprint density at radius 1 is 1.28 bits per heavy atom. The molecule has 0 radical (unpaired) electrons. The summed E-state index contributed by atoms with van der Waals surface area (Å²) in [6, 6.07) is 5.33. The second-order valence-electron chi connectivity index (χ2n) is 4.08. The summed E-state index contributed by atoms with van der Waals surface area (Å²) in [5.41, 5.74) is 2.07. The third-order valence-electron chi connectivity index (χ3n) is 2.72. The van der Waals surface area contributed by atoms with Crippen LogP contribution < -0.4 is 4.74 Å². The summed E-state index contributed by atoms with van der Waals surface area (Å²) in [6.45, 7) is 3.75. The highest BCUT2D eigenvalue weighted by Crippen LogP contribution is 2.29. The number of ether oxygens (including phenoxy) is 1. The second-order valence-corrected chi connectivity index (χ2v) is 4.93. The summed E-state index contributed by atoms with van der Waals surface area (Å²) in [7, 11) is 1.56. The summed E-state index contributed by atoms with van der Waals surface area (Å²) in [5.74, 6) is 1.17. The molecule has 0 fully saturated rings. The number of benzene rings is 1. The average Bonchev–Trinajstić information content (AvgIpc) is 2.78. The molecule has 0 N–H and O–H groups in total. The van der Waals surface area contributed by atoms with E-state index >= 15 is 0 Å². The van der Waals surface area contributed by atoms with Gasteiger partial charge in [0.15, 0.2) is 5.78 Å². The molecule has 4 heteroatoms. The molecule has 18 heavy (non-hydrogen) atoms. The van der Waals surface area contributed by atoms with Crippen molar-refractivity contribution in [1.29, 1.82) is 0 Å². The van der Waals surface area contributed by atoms with Crippen molar-refractivity contribution in [2.75, 3.05) is 7.11 Å². The highest BCUT2D eigenvalue weighted by Gasteiger charge is 2.17. The van der Waals surface area contributed by atoms with Gasteiger partial charge in [-0.15, -0.1) is 0 Å². The van der Waals surface area contributed by atoms with Gasteiger partial charge in [-0.3, -0.25) is 4.79 Å². The Hall–Kier alpha value is -1.55. The van der Waals surface area contributed by atoms with Crippen molar-refractivity contribution in [3.63, 3.8) is 0 Å². The molecular weight excluding hydrogens is 296 g/mol. The fourth-order valence-corrected chi connectivity index (χ4v) is 2.06. The van der Waals surface area contributed by atoms with E-state index in [9.17, 15) is 4.79 Å². The highest BCUT2D eigenvalue weighted by molar-refractivity contribution is 9.10. The Morgan fingerprint density at radius 3 is 2.56 bits per heavy atom. The van der Waals surface area contributed by atoms with Crippen LogP contribution in [0.4, 0.5) is 0 Å². The standard InChI is InChI=1S/C14H13BrO3/c1-8-4-13(17-3)11(6-12(8)15)14(16)10-5-9(2)18-7-10/h4-7H,1-3H3. The molecule has 0 aliphatic rings. The van der Waals surface area contributed by atoms with Crippen LogP contribution in [0.3, 0.4) is 0 Å². The maximum atomic E-state index is 12.3. The summed E-state index contributed by atoms with van der Waals surface area (Å²) in [6.07, 6.45) is 1.46. The van der Waals surface area contributed by atoms with E-state index in [0.29, 0.717) is 22.6 Å². The second kappa shape index (κ2) is 4.98. The molecule has 2 rings (SSSR count). The van der Waals surface area contributed by atoms with Crippen molar-refractivity contribution in [3.05, 3.63) is 51.4 Å². The van der Waals surface area contributed by atoms with Crippen LogP contribution in [-0.2, 0) is 0 Å². The van der Waals surface area contributed by atoms with E-state index in [0.717, 1.165) is 10.0 Å². The van der Waals surface area contributed by atoms with Crippen molar-refractivity contribution < 1.29 is 13.9 Å². The zero-order valence-corrected chi connectivity index (χ0v) is 12.0. The van der Waals surface area contributed by atoms with Gasteiger partial charge in [-0.05, 0) is 37.6 Å². The van der Waals surface area contributed by atoms with Crippen molar-refractivity contribution in [2.45, 2.75) is 13.8 Å². The first-order chi connectivity index (χ1) is 8.52. The monoisotopic (exact) mass is 308 g/mol. The van der Waals surface area contributed by atoms with Gasteiger partial charge in [-0.1, -0.05) is 15.9 Å². The van der Waals surface area contributed by atoms with E-state index < -0.39 is 0 Å². The van der Waals surface area contributed by atoms with Crippen LogP contribution in [0.5, 0.6) is 5.75 Å². The number of rotatable bonds is 3. The molecule has 94 valence electrons. The molecule has 0 atom stereocenters. The predicted octanol–water partition coefficient (Wildman–Crippen LogP) is 3.90. The first kappa shape index (κ1) is 12.9. The summed E-state index contributed by atoms with van der Waals surface area (Å²) in [4.78, 5) is 12.3. The number of carbonyl (C=O) groups excluding carboxylic acids is 1. The number of aryl methyl sites for hydroxylation is 2. The van der Waals surface area contributed by atoms with Crippen LogP contribution in [0.2, 0.25) is 0 Å². The maximum Gasteiger partial charge on any atom is 0.200 e. The highest BCUT2D eigenvalue weighted by atomic mass is 79.9. The molecule has 3 nitrogen and oxygen atoms in total. The number of hydrogen-bond donors (Lipinski definition) is 0. The minimum atomic E-state index is -0.107. The van der Waals surface area contributed by atoms with Crippen molar-refractivity contribution in [3.8, 4) is 5.75 Å². The van der Waals surface area contributed by atoms with Crippen LogP contribution in [0.15, 0.2) is 33.4 Å². The van der Waals surface area contributed by atoms with Crippen molar-refractivity contribution >= 4 is 21.7 Å². The third-order valence-corrected chi connectivity index (χ3v) is 3.57. The average molecular weight is 309 g/mol. The van der Waals surface area contributed by atoms with Gasteiger partial charge in [0.2, 0.25) is 0 Å². The minimum Gasteiger partial charge on any atom is -0.496 e. The van der Waals surface area contributed by atoms with Crippen LogP contribution in [0, 0.1) is 13.8 Å². The first-order valence-corrected chi connectivity index (χ1v) is 6.26. The third kappa shape index (κ3) is 2.34. The summed E-state index contributed by atoms with van der Waals surface area (Å²) in [5, 5.41) is 0. The lowest BCUT2D eigenvalue weighted by Gasteiger charge is -2.09. The number of carbonyl (C=O) groups is 1. The van der Waals surface area contributed by atoms with Crippen LogP contribution in [-0.4, -0.2) is 12.9 Å². The summed E-state index contributed by atoms with van der Waals surface area (Å²) < 4.78 is 11.3. The number of methoxy groups -OCH3 is 1. The lowest BCUT2D eigenvalue weighted by molar-refractivity contribution is 0.103. The fourth-order valence-electron chi connectivity index (χ4n) is 1.72. The van der Waals surface area contributed by atoms with Gasteiger partial charge in [0.1, 0.15) is 17.8 Å². The van der Waals surface area contributed by atoms with E-state index in [1.54, 1.807) is 26.2 Å². The molecule has 1 aromatic heterocycles. The van der Waals surface area contributed by atoms with Gasteiger partial charge in [0.25, 0.3) is 0 Å². The Bertz CT molecular complexity index is 599. The molecule has 0 saturated carbocycles. The van der Waals surface area contributed by atoms with Gasteiger partial charge < -0.3 is 9.15 Å². The molecule has 0 aliphatic heterocycles. The summed E-state index contributed by atoms with van der Waals surface area (Å²) >= 11 is 3.42. The quantitative estimate of drug-likeness (QED) is 0.807. The van der Waals surface area contributed by atoms with Gasteiger partial charge in [-0.25, -0.2) is 0 Å². The van der Waals surface area contributed by atoms with E-state index in [1.165, 1.54) is 6.26 Å². The molecule has 0 unspecified atom stereocenters.